The first kappa shape index (κ1) is 12.2. The highest BCUT2D eigenvalue weighted by atomic mass is 27.0. The molecule has 0 nitrogen and oxygen atoms in total. The van der Waals surface area contributed by atoms with Crippen molar-refractivity contribution >= 4 is 17.4 Å². The Morgan fingerprint density at radius 2 is 1.78 bits per heavy atom. The van der Waals surface area contributed by atoms with Gasteiger partial charge >= 0.3 is 0 Å². The molecule has 0 aliphatic rings. The predicted octanol–water partition coefficient (Wildman–Crippen LogP) is 1.85. The van der Waals surface area contributed by atoms with Crippen LogP contribution < -0.4 is 0 Å². The van der Waals surface area contributed by atoms with Gasteiger partial charge in [0.05, 0.1) is 0 Å². The number of hydrogen-bond donors (Lipinski definition) is 0. The van der Waals surface area contributed by atoms with E-state index in [1.54, 1.807) is 0 Å². The smallest absolute Gasteiger partial charge is 0.0628 e. The average Bonchev–Trinajstić information content (AvgIpc) is 1.66. The summed E-state index contributed by atoms with van der Waals surface area (Å²) in [6.07, 6.45) is 5.14. The van der Waals surface area contributed by atoms with Gasteiger partial charge in [-0.2, -0.15) is 0 Å². The van der Waals surface area contributed by atoms with Crippen molar-refractivity contribution in [3.8, 4) is 0 Å². The van der Waals surface area contributed by atoms with Crippen molar-refractivity contribution in [2.24, 2.45) is 5.92 Å². The Morgan fingerprint density at radius 3 is 2.11 bits per heavy atom. The van der Waals surface area contributed by atoms with Crippen molar-refractivity contribution in [1.29, 1.82) is 0 Å². The van der Waals surface area contributed by atoms with Gasteiger partial charge in [-0.3, -0.25) is 0 Å². The summed E-state index contributed by atoms with van der Waals surface area (Å²) in [7, 11) is 0. The molecule has 0 spiro atoms. The lowest BCUT2D eigenvalue weighted by Gasteiger charge is -2.00. The molecule has 0 atom stereocenters. The van der Waals surface area contributed by atoms with E-state index in [0.717, 1.165) is 12.3 Å². The molecule has 1 radical (unpaired) electrons. The Balaban J connectivity index is 0. The summed E-state index contributed by atoms with van der Waals surface area (Å²) in [6, 6.07) is 0. The molecule has 0 unspecified atom stereocenters. The highest BCUT2D eigenvalue weighted by Crippen LogP contribution is 2.06. The number of rotatable bonds is 4. The van der Waals surface area contributed by atoms with Crippen LogP contribution in [0.25, 0.3) is 0 Å². The Bertz CT molecular complexity index is 41.8. The molecule has 0 rings (SSSR count). The molecule has 55 valence electrons. The first-order chi connectivity index (χ1) is 3.77. The van der Waals surface area contributed by atoms with Gasteiger partial charge in [-0.15, -0.1) is 0 Å². The summed E-state index contributed by atoms with van der Waals surface area (Å²) < 4.78 is 0. The molecule has 0 bridgehead atoms. The minimum absolute atomic E-state index is 0. The van der Waals surface area contributed by atoms with Crippen LogP contribution in [-0.2, 0) is 0 Å². The van der Waals surface area contributed by atoms with Crippen molar-refractivity contribution in [1.82, 2.24) is 0 Å². The van der Waals surface area contributed by atoms with E-state index in [9.17, 15) is 0 Å². The van der Waals surface area contributed by atoms with Crippen molar-refractivity contribution in [2.45, 2.75) is 39.5 Å². The van der Waals surface area contributed by atoms with E-state index in [0.29, 0.717) is 0 Å². The van der Waals surface area contributed by atoms with E-state index < -0.39 is 0 Å². The van der Waals surface area contributed by atoms with E-state index in [-0.39, 0.29) is 17.4 Å². The normalized spacial score (nSPS) is 9.33. The van der Waals surface area contributed by atoms with Crippen molar-refractivity contribution in [2.75, 3.05) is 0 Å². The summed E-state index contributed by atoms with van der Waals surface area (Å²) in [5.74, 6) is 0.876. The molecule has 0 fully saturated rings. The minimum Gasteiger partial charge on any atom is -0.0628 e. The van der Waals surface area contributed by atoms with Crippen molar-refractivity contribution < 1.29 is 0 Å². The largest absolute Gasteiger partial charge is 0.187 e. The molecule has 0 saturated heterocycles. The Hall–Kier alpha value is 0.532. The SMILES string of the molecule is [AlH3].[CH2]CCCCC(C)C. The van der Waals surface area contributed by atoms with Crippen LogP contribution in [0.3, 0.4) is 0 Å². The predicted molar refractivity (Wildman–Crippen MR) is 48.6 cm³/mol. The van der Waals surface area contributed by atoms with Gasteiger partial charge in [0.25, 0.3) is 0 Å². The molecule has 0 aromatic rings. The maximum absolute atomic E-state index is 3.78. The van der Waals surface area contributed by atoms with Crippen LogP contribution in [0.4, 0.5) is 0 Å². The molecule has 0 aromatic heterocycles. The van der Waals surface area contributed by atoms with Crippen LogP contribution >= 0.6 is 0 Å². The van der Waals surface area contributed by atoms with E-state index >= 15 is 0 Å². The second-order valence-electron chi connectivity index (χ2n) is 2.74. The molecule has 1 heteroatoms. The first-order valence-electron chi connectivity index (χ1n) is 3.56. The van der Waals surface area contributed by atoms with Crippen LogP contribution in [0.5, 0.6) is 0 Å². The monoisotopic (exact) mass is 143 g/mol. The van der Waals surface area contributed by atoms with Crippen LogP contribution in [0.2, 0.25) is 0 Å². The fourth-order valence-electron chi connectivity index (χ4n) is 0.729. The van der Waals surface area contributed by atoms with Gasteiger partial charge in [-0.25, -0.2) is 0 Å². The van der Waals surface area contributed by atoms with Gasteiger partial charge < -0.3 is 0 Å². The van der Waals surface area contributed by atoms with Crippen LogP contribution in [0, 0.1) is 12.8 Å². The van der Waals surface area contributed by atoms with E-state index in [1.807, 2.05) is 0 Å². The lowest BCUT2D eigenvalue weighted by atomic mass is 10.1. The van der Waals surface area contributed by atoms with Crippen LogP contribution in [-0.4, -0.2) is 17.4 Å². The second kappa shape index (κ2) is 8.53. The standard InChI is InChI=1S/C8H17.Al.3H/c1-4-5-6-7-8(2)3;;;;/h8H,1,4-7H2,2-3H3;;;;. The molecule has 0 heterocycles. The summed E-state index contributed by atoms with van der Waals surface area (Å²) in [5, 5.41) is 0. The van der Waals surface area contributed by atoms with Gasteiger partial charge in [0.1, 0.15) is 0 Å². The maximum atomic E-state index is 3.78. The Labute approximate surface area is 70.2 Å². The second-order valence-corrected chi connectivity index (χ2v) is 2.74. The zero-order valence-electron chi connectivity index (χ0n) is 6.11. The lowest BCUT2D eigenvalue weighted by molar-refractivity contribution is 0.540. The number of unbranched alkanes of at least 4 members (excludes halogenated alkanes) is 2. The molecule has 0 saturated carbocycles. The Morgan fingerprint density at radius 1 is 1.22 bits per heavy atom. The number of hydrogen-bond acceptors (Lipinski definition) is 0. The van der Waals surface area contributed by atoms with Gasteiger partial charge in [-0.05, 0) is 5.92 Å². The third-order valence-electron chi connectivity index (χ3n) is 1.28. The first-order valence-corrected chi connectivity index (χ1v) is 3.56. The summed E-state index contributed by atoms with van der Waals surface area (Å²) in [6.45, 7) is 8.32. The molecular weight excluding hydrogens is 123 g/mol. The third-order valence-corrected chi connectivity index (χ3v) is 1.28. The van der Waals surface area contributed by atoms with Gasteiger partial charge in [0.2, 0.25) is 0 Å². The van der Waals surface area contributed by atoms with Gasteiger partial charge in [0, 0.05) is 0 Å². The topological polar surface area (TPSA) is 0 Å². The van der Waals surface area contributed by atoms with Crippen molar-refractivity contribution in [3.05, 3.63) is 6.92 Å². The van der Waals surface area contributed by atoms with Gasteiger partial charge in [-0.1, -0.05) is 46.5 Å². The Kier molecular flexibility index (Phi) is 11.6. The molecule has 0 aromatic carbocycles. The highest BCUT2D eigenvalue weighted by Gasteiger charge is 1.90. The quantitative estimate of drug-likeness (QED) is 0.416. The average molecular weight is 143 g/mol. The maximum Gasteiger partial charge on any atom is 0.187 e. The van der Waals surface area contributed by atoms with Crippen LogP contribution in [0.1, 0.15) is 39.5 Å². The summed E-state index contributed by atoms with van der Waals surface area (Å²) in [4.78, 5) is 0. The molecule has 0 amide bonds. The zero-order chi connectivity index (χ0) is 6.41. The van der Waals surface area contributed by atoms with E-state index in [2.05, 4.69) is 20.8 Å². The molecular formula is C8H20Al. The van der Waals surface area contributed by atoms with Gasteiger partial charge in [0.15, 0.2) is 17.4 Å². The fourth-order valence-corrected chi connectivity index (χ4v) is 0.729. The van der Waals surface area contributed by atoms with E-state index in [4.69, 9.17) is 0 Å². The molecule has 0 N–H and O–H groups in total. The van der Waals surface area contributed by atoms with Crippen molar-refractivity contribution in [3.63, 3.8) is 0 Å². The third kappa shape index (κ3) is 11.9. The van der Waals surface area contributed by atoms with Crippen LogP contribution in [0.15, 0.2) is 0 Å². The molecule has 0 aliphatic heterocycles. The minimum atomic E-state index is 0. The van der Waals surface area contributed by atoms with E-state index in [1.165, 1.54) is 19.3 Å². The fraction of sp³-hybridized carbons (Fsp3) is 0.875. The zero-order valence-corrected chi connectivity index (χ0v) is 6.11. The highest BCUT2D eigenvalue weighted by molar-refractivity contribution is 5.75. The lowest BCUT2D eigenvalue weighted by Crippen LogP contribution is -1.85. The molecule has 9 heavy (non-hydrogen) atoms. The molecule has 0 aliphatic carbocycles. The summed E-state index contributed by atoms with van der Waals surface area (Å²) in [5.41, 5.74) is 0. The summed E-state index contributed by atoms with van der Waals surface area (Å²) >= 11 is 0.